The molecule has 0 aliphatic carbocycles. The van der Waals surface area contributed by atoms with E-state index in [2.05, 4.69) is 46.0 Å². The monoisotopic (exact) mass is 280 g/mol. The lowest BCUT2D eigenvalue weighted by atomic mass is 10.3. The van der Waals surface area contributed by atoms with Gasteiger partial charge in [0, 0.05) is 19.2 Å². The summed E-state index contributed by atoms with van der Waals surface area (Å²) in [6.07, 6.45) is 1.13. The van der Waals surface area contributed by atoms with Crippen molar-refractivity contribution in [2.24, 2.45) is 5.84 Å². The lowest BCUT2D eigenvalue weighted by Crippen LogP contribution is -2.30. The van der Waals surface area contributed by atoms with Crippen molar-refractivity contribution >= 4 is 11.6 Å². The van der Waals surface area contributed by atoms with E-state index >= 15 is 0 Å². The predicted octanol–water partition coefficient (Wildman–Crippen LogP) is 1.63. The van der Waals surface area contributed by atoms with Gasteiger partial charge in [0.15, 0.2) is 0 Å². The van der Waals surface area contributed by atoms with Gasteiger partial charge in [-0.3, -0.25) is 0 Å². The minimum absolute atomic E-state index is 0.662. The van der Waals surface area contributed by atoms with Crippen LogP contribution in [-0.4, -0.2) is 47.6 Å². The summed E-state index contributed by atoms with van der Waals surface area (Å²) < 4.78 is 0. The maximum Gasteiger partial charge on any atom is 0.145 e. The molecule has 0 saturated heterocycles. The van der Waals surface area contributed by atoms with Gasteiger partial charge in [-0.15, -0.1) is 0 Å². The zero-order valence-corrected chi connectivity index (χ0v) is 13.2. The second-order valence-electron chi connectivity index (χ2n) is 4.76. The van der Waals surface area contributed by atoms with Gasteiger partial charge >= 0.3 is 0 Å². The van der Waals surface area contributed by atoms with Crippen LogP contribution in [-0.2, 0) is 0 Å². The Balaban J connectivity index is 2.64. The minimum Gasteiger partial charge on any atom is -0.357 e. The molecule has 20 heavy (non-hydrogen) atoms. The highest BCUT2D eigenvalue weighted by Gasteiger charge is 2.09. The first-order valence-electron chi connectivity index (χ1n) is 7.44. The Hall–Kier alpha value is -1.40. The molecule has 6 nitrogen and oxygen atoms in total. The molecule has 3 N–H and O–H groups in total. The summed E-state index contributed by atoms with van der Waals surface area (Å²) in [6.45, 7) is 13.7. The fraction of sp³-hybridized carbons (Fsp3) is 0.714. The van der Waals surface area contributed by atoms with E-state index in [1.54, 1.807) is 0 Å². The number of nitrogens with zero attached hydrogens (tertiary/aromatic N) is 4. The van der Waals surface area contributed by atoms with Gasteiger partial charge in [-0.1, -0.05) is 13.8 Å². The molecule has 6 heteroatoms. The molecule has 0 radical (unpaired) electrons. The number of hydrogen-bond donors (Lipinski definition) is 2. The first kappa shape index (κ1) is 16.7. The third-order valence-corrected chi connectivity index (χ3v) is 3.47. The highest BCUT2D eigenvalue weighted by atomic mass is 15.3. The molecule has 0 saturated carbocycles. The van der Waals surface area contributed by atoms with Gasteiger partial charge in [-0.2, -0.15) is 0 Å². The van der Waals surface area contributed by atoms with Gasteiger partial charge in [-0.05, 0) is 39.9 Å². The second-order valence-corrected chi connectivity index (χ2v) is 4.76. The molecule has 0 bridgehead atoms. The molecule has 1 rings (SSSR count). The molecule has 0 fully saturated rings. The summed E-state index contributed by atoms with van der Waals surface area (Å²) in [7, 11) is 0. The van der Waals surface area contributed by atoms with Crippen molar-refractivity contribution in [1.29, 1.82) is 0 Å². The molecule has 114 valence electrons. The number of hydrogen-bond acceptors (Lipinski definition) is 6. The van der Waals surface area contributed by atoms with Crippen molar-refractivity contribution in [1.82, 2.24) is 14.9 Å². The Morgan fingerprint density at radius 1 is 1.10 bits per heavy atom. The van der Waals surface area contributed by atoms with E-state index in [1.807, 2.05) is 13.0 Å². The summed E-state index contributed by atoms with van der Waals surface area (Å²) in [5.41, 5.74) is 2.59. The highest BCUT2D eigenvalue weighted by molar-refractivity contribution is 5.48. The normalized spacial score (nSPS) is 10.9. The molecule has 0 aliphatic rings. The fourth-order valence-electron chi connectivity index (χ4n) is 2.25. The van der Waals surface area contributed by atoms with Crippen molar-refractivity contribution < 1.29 is 0 Å². The number of aromatic nitrogens is 2. The first-order chi connectivity index (χ1) is 9.64. The van der Waals surface area contributed by atoms with Crippen LogP contribution >= 0.6 is 0 Å². The second kappa shape index (κ2) is 8.71. The van der Waals surface area contributed by atoms with E-state index in [-0.39, 0.29) is 0 Å². The van der Waals surface area contributed by atoms with Gasteiger partial charge in [0.05, 0.1) is 0 Å². The van der Waals surface area contributed by atoms with Crippen LogP contribution in [0, 0.1) is 6.92 Å². The van der Waals surface area contributed by atoms with Crippen LogP contribution in [0.5, 0.6) is 0 Å². The summed E-state index contributed by atoms with van der Waals surface area (Å²) in [6, 6.07) is 1.90. The molecule has 0 unspecified atom stereocenters. The molecule has 1 aromatic heterocycles. The predicted molar refractivity (Wildman–Crippen MR) is 84.9 cm³/mol. The van der Waals surface area contributed by atoms with Crippen molar-refractivity contribution in [3.8, 4) is 0 Å². The van der Waals surface area contributed by atoms with E-state index < -0.39 is 0 Å². The lowest BCUT2D eigenvalue weighted by molar-refractivity contribution is 0.300. The van der Waals surface area contributed by atoms with Crippen LogP contribution in [0.4, 0.5) is 11.6 Å². The zero-order chi connectivity index (χ0) is 15.0. The fourth-order valence-corrected chi connectivity index (χ4v) is 2.25. The minimum atomic E-state index is 0.662. The maximum atomic E-state index is 5.44. The smallest absolute Gasteiger partial charge is 0.145 e. The Kier molecular flexibility index (Phi) is 7.25. The topological polar surface area (TPSA) is 70.3 Å². The summed E-state index contributed by atoms with van der Waals surface area (Å²) in [4.78, 5) is 13.4. The number of nitrogens with one attached hydrogen (secondary N) is 1. The Bertz CT molecular complexity index is 391. The molecular weight excluding hydrogens is 252 g/mol. The van der Waals surface area contributed by atoms with Crippen LogP contribution in [0.15, 0.2) is 6.07 Å². The quantitative estimate of drug-likeness (QED) is 0.529. The number of nitrogen functional groups attached to an aromatic ring is 1. The number of anilines is 2. The summed E-state index contributed by atoms with van der Waals surface area (Å²) in [5.74, 6) is 7.77. The van der Waals surface area contributed by atoms with Crippen molar-refractivity contribution in [2.75, 3.05) is 43.0 Å². The molecule has 0 atom stereocenters. The molecule has 1 heterocycles. The van der Waals surface area contributed by atoms with Crippen LogP contribution in [0.25, 0.3) is 0 Å². The maximum absolute atomic E-state index is 5.44. The van der Waals surface area contributed by atoms with Gasteiger partial charge in [0.25, 0.3) is 0 Å². The third-order valence-electron chi connectivity index (χ3n) is 3.47. The highest BCUT2D eigenvalue weighted by Crippen LogP contribution is 2.15. The van der Waals surface area contributed by atoms with Crippen LogP contribution < -0.4 is 16.2 Å². The summed E-state index contributed by atoms with van der Waals surface area (Å²) >= 11 is 0. The van der Waals surface area contributed by atoms with E-state index in [9.17, 15) is 0 Å². The van der Waals surface area contributed by atoms with E-state index in [4.69, 9.17) is 5.84 Å². The zero-order valence-electron chi connectivity index (χ0n) is 13.2. The van der Waals surface area contributed by atoms with Crippen LogP contribution in [0.1, 0.15) is 33.0 Å². The molecule has 0 aromatic carbocycles. The average molecular weight is 280 g/mol. The van der Waals surface area contributed by atoms with E-state index in [0.29, 0.717) is 5.82 Å². The van der Waals surface area contributed by atoms with Crippen LogP contribution in [0.2, 0.25) is 0 Å². The Morgan fingerprint density at radius 3 is 2.35 bits per heavy atom. The number of aryl methyl sites for hydroxylation is 1. The Morgan fingerprint density at radius 2 is 1.80 bits per heavy atom. The van der Waals surface area contributed by atoms with Crippen LogP contribution in [0.3, 0.4) is 0 Å². The molecule has 1 aromatic rings. The van der Waals surface area contributed by atoms with E-state index in [0.717, 1.165) is 50.8 Å². The first-order valence-corrected chi connectivity index (χ1v) is 7.44. The Labute approximate surface area is 122 Å². The molecular formula is C14H28N6. The molecule has 0 amide bonds. The SMILES string of the molecule is CCN(CC)CCCN(CC)c1cc(NN)nc(C)n1. The van der Waals surface area contributed by atoms with Crippen molar-refractivity contribution in [3.05, 3.63) is 11.9 Å². The number of hydrazine groups is 1. The lowest BCUT2D eigenvalue weighted by Gasteiger charge is -2.24. The van der Waals surface area contributed by atoms with E-state index in [1.165, 1.54) is 0 Å². The van der Waals surface area contributed by atoms with Crippen molar-refractivity contribution in [3.63, 3.8) is 0 Å². The van der Waals surface area contributed by atoms with Gasteiger partial charge in [-0.25, -0.2) is 15.8 Å². The van der Waals surface area contributed by atoms with Gasteiger partial charge in [0.2, 0.25) is 0 Å². The van der Waals surface area contributed by atoms with Gasteiger partial charge < -0.3 is 15.2 Å². The third kappa shape index (κ3) is 4.94. The summed E-state index contributed by atoms with van der Waals surface area (Å²) in [5, 5.41) is 0. The molecule has 0 aliphatic heterocycles. The van der Waals surface area contributed by atoms with Crippen molar-refractivity contribution in [2.45, 2.75) is 34.1 Å². The standard InChI is InChI=1S/C14H28N6/c1-5-19(6-2)9-8-10-20(7-3)14-11-13(18-15)16-12(4)17-14/h11H,5-10,15H2,1-4H3,(H,16,17,18). The largest absolute Gasteiger partial charge is 0.357 e. The average Bonchev–Trinajstić information content (AvgIpc) is 2.47. The number of nitrogens with two attached hydrogens (primary N) is 1. The molecule has 0 spiro atoms. The van der Waals surface area contributed by atoms with Gasteiger partial charge in [0.1, 0.15) is 17.5 Å². The number of rotatable bonds is 9.